The van der Waals surface area contributed by atoms with E-state index in [-0.39, 0.29) is 12.6 Å². The Kier molecular flexibility index (Phi) is 7.45. The highest BCUT2D eigenvalue weighted by Crippen LogP contribution is 2.29. The summed E-state index contributed by atoms with van der Waals surface area (Å²) in [6.45, 7) is 4.86. The number of ether oxygens (including phenoxy) is 2. The van der Waals surface area contributed by atoms with E-state index in [2.05, 4.69) is 5.32 Å². The van der Waals surface area contributed by atoms with Gasteiger partial charge in [-0.1, -0.05) is 0 Å². The van der Waals surface area contributed by atoms with Gasteiger partial charge in [0, 0.05) is 33.4 Å². The number of carbonyl (C=O) groups is 2. The zero-order valence-corrected chi connectivity index (χ0v) is 12.9. The SMILES string of the molecule is COCCOCCCCNC(=O)N1CCC(C)(C(=O)O)C1. The van der Waals surface area contributed by atoms with Crippen molar-refractivity contribution in [3.63, 3.8) is 0 Å². The van der Waals surface area contributed by atoms with Crippen LogP contribution >= 0.6 is 0 Å². The minimum atomic E-state index is -0.842. The topological polar surface area (TPSA) is 88.1 Å². The van der Waals surface area contributed by atoms with Gasteiger partial charge in [0.25, 0.3) is 0 Å². The van der Waals surface area contributed by atoms with E-state index in [1.54, 1.807) is 18.9 Å². The maximum atomic E-state index is 11.9. The maximum Gasteiger partial charge on any atom is 0.317 e. The number of nitrogens with one attached hydrogen (secondary N) is 1. The summed E-state index contributed by atoms with van der Waals surface area (Å²) in [6, 6.07) is -0.180. The van der Waals surface area contributed by atoms with Crippen LogP contribution in [-0.4, -0.2) is 68.6 Å². The molecule has 0 radical (unpaired) electrons. The second-order valence-electron chi connectivity index (χ2n) is 5.58. The zero-order valence-electron chi connectivity index (χ0n) is 12.9. The van der Waals surface area contributed by atoms with E-state index in [0.717, 1.165) is 12.8 Å². The van der Waals surface area contributed by atoms with Crippen LogP contribution in [0.1, 0.15) is 26.2 Å². The van der Waals surface area contributed by atoms with Gasteiger partial charge in [0.15, 0.2) is 0 Å². The molecule has 0 bridgehead atoms. The number of urea groups is 1. The van der Waals surface area contributed by atoms with Crippen molar-refractivity contribution in [3.8, 4) is 0 Å². The Hall–Kier alpha value is -1.34. The number of unbranched alkanes of at least 4 members (excludes halogenated alkanes) is 1. The second kappa shape index (κ2) is 8.84. The van der Waals surface area contributed by atoms with Crippen LogP contribution in [0.3, 0.4) is 0 Å². The molecule has 0 aromatic carbocycles. The molecule has 1 rings (SSSR count). The van der Waals surface area contributed by atoms with Crippen LogP contribution in [0, 0.1) is 5.41 Å². The number of aliphatic carboxylic acids is 1. The monoisotopic (exact) mass is 302 g/mol. The first-order valence-electron chi connectivity index (χ1n) is 7.32. The van der Waals surface area contributed by atoms with Crippen molar-refractivity contribution in [3.05, 3.63) is 0 Å². The number of methoxy groups -OCH3 is 1. The standard InChI is InChI=1S/C14H26N2O5/c1-14(12(17)18)5-7-16(11-14)13(19)15-6-3-4-8-21-10-9-20-2/h3-11H2,1-2H3,(H,15,19)(H,17,18). The molecular weight excluding hydrogens is 276 g/mol. The first kappa shape index (κ1) is 17.7. The molecule has 0 aliphatic carbocycles. The quantitative estimate of drug-likeness (QED) is 0.619. The van der Waals surface area contributed by atoms with Crippen LogP contribution in [0.2, 0.25) is 0 Å². The molecule has 0 saturated carbocycles. The summed E-state index contributed by atoms with van der Waals surface area (Å²) in [7, 11) is 1.63. The molecular formula is C14H26N2O5. The van der Waals surface area contributed by atoms with Crippen molar-refractivity contribution in [2.24, 2.45) is 5.41 Å². The molecule has 2 N–H and O–H groups in total. The summed E-state index contributed by atoms with van der Waals surface area (Å²) in [5, 5.41) is 11.9. The molecule has 7 nitrogen and oxygen atoms in total. The molecule has 7 heteroatoms. The van der Waals surface area contributed by atoms with E-state index in [0.29, 0.717) is 39.3 Å². The van der Waals surface area contributed by atoms with Crippen molar-refractivity contribution in [1.82, 2.24) is 10.2 Å². The molecule has 1 heterocycles. The summed E-state index contributed by atoms with van der Waals surface area (Å²) in [5.41, 5.74) is -0.813. The van der Waals surface area contributed by atoms with E-state index in [9.17, 15) is 9.59 Å². The van der Waals surface area contributed by atoms with Gasteiger partial charge in [0.05, 0.1) is 18.6 Å². The van der Waals surface area contributed by atoms with Gasteiger partial charge in [-0.2, -0.15) is 0 Å². The molecule has 1 atom stereocenters. The lowest BCUT2D eigenvalue weighted by atomic mass is 9.90. The molecule has 1 saturated heterocycles. The average molecular weight is 302 g/mol. The lowest BCUT2D eigenvalue weighted by Crippen LogP contribution is -2.41. The molecule has 1 fully saturated rings. The van der Waals surface area contributed by atoms with Gasteiger partial charge < -0.3 is 24.8 Å². The fraction of sp³-hybridized carbons (Fsp3) is 0.857. The van der Waals surface area contributed by atoms with Crippen LogP contribution in [0.5, 0.6) is 0 Å². The van der Waals surface area contributed by atoms with Gasteiger partial charge in [-0.25, -0.2) is 4.79 Å². The third-order valence-electron chi connectivity index (χ3n) is 3.70. The average Bonchev–Trinajstić information content (AvgIpc) is 2.86. The normalized spacial score (nSPS) is 21.5. The number of carboxylic acid groups (broad SMARTS) is 1. The smallest absolute Gasteiger partial charge is 0.317 e. The zero-order chi connectivity index (χ0) is 15.7. The number of carbonyl (C=O) groups excluding carboxylic acids is 1. The second-order valence-corrected chi connectivity index (χ2v) is 5.58. The number of nitrogens with zero attached hydrogens (tertiary/aromatic N) is 1. The summed E-state index contributed by atoms with van der Waals surface area (Å²) in [4.78, 5) is 24.6. The van der Waals surface area contributed by atoms with Gasteiger partial charge in [-0.3, -0.25) is 4.79 Å². The van der Waals surface area contributed by atoms with Gasteiger partial charge in [-0.05, 0) is 26.2 Å². The molecule has 122 valence electrons. The Morgan fingerprint density at radius 1 is 1.29 bits per heavy atom. The fourth-order valence-electron chi connectivity index (χ4n) is 2.19. The molecule has 21 heavy (non-hydrogen) atoms. The van der Waals surface area contributed by atoms with Gasteiger partial charge >= 0.3 is 12.0 Å². The fourth-order valence-corrected chi connectivity index (χ4v) is 2.19. The Morgan fingerprint density at radius 3 is 2.67 bits per heavy atom. The highest BCUT2D eigenvalue weighted by molar-refractivity contribution is 5.79. The summed E-state index contributed by atoms with van der Waals surface area (Å²) in [5.74, 6) is -0.842. The maximum absolute atomic E-state index is 11.9. The van der Waals surface area contributed by atoms with Crippen molar-refractivity contribution >= 4 is 12.0 Å². The highest BCUT2D eigenvalue weighted by Gasteiger charge is 2.42. The minimum absolute atomic E-state index is 0.180. The van der Waals surface area contributed by atoms with Crippen LogP contribution in [0.25, 0.3) is 0 Å². The van der Waals surface area contributed by atoms with Crippen molar-refractivity contribution in [2.75, 3.05) is 46.6 Å². The van der Waals surface area contributed by atoms with Gasteiger partial charge in [-0.15, -0.1) is 0 Å². The highest BCUT2D eigenvalue weighted by atomic mass is 16.5. The van der Waals surface area contributed by atoms with Crippen LogP contribution in [0.4, 0.5) is 4.79 Å². The molecule has 1 aliphatic rings. The molecule has 1 unspecified atom stereocenters. The number of hydrogen-bond donors (Lipinski definition) is 2. The Balaban J connectivity index is 2.08. The third-order valence-corrected chi connectivity index (χ3v) is 3.70. The van der Waals surface area contributed by atoms with Crippen molar-refractivity contribution in [1.29, 1.82) is 0 Å². The number of hydrogen-bond acceptors (Lipinski definition) is 4. The van der Waals surface area contributed by atoms with E-state index in [1.807, 2.05) is 0 Å². The largest absolute Gasteiger partial charge is 0.481 e. The first-order chi connectivity index (χ1) is 9.99. The van der Waals surface area contributed by atoms with Crippen molar-refractivity contribution < 1.29 is 24.2 Å². The molecule has 1 aliphatic heterocycles. The molecule has 0 spiro atoms. The number of carboxylic acids is 1. The lowest BCUT2D eigenvalue weighted by molar-refractivity contribution is -0.146. The molecule has 0 aromatic heterocycles. The third kappa shape index (κ3) is 5.89. The lowest BCUT2D eigenvalue weighted by Gasteiger charge is -2.20. The summed E-state index contributed by atoms with van der Waals surface area (Å²) >= 11 is 0. The predicted molar refractivity (Wildman–Crippen MR) is 77.3 cm³/mol. The Morgan fingerprint density at radius 2 is 2.05 bits per heavy atom. The number of likely N-dealkylation sites (tertiary alicyclic amines) is 1. The summed E-state index contributed by atoms with van der Waals surface area (Å²) in [6.07, 6.45) is 2.21. The van der Waals surface area contributed by atoms with Crippen LogP contribution in [0.15, 0.2) is 0 Å². The summed E-state index contributed by atoms with van der Waals surface area (Å²) < 4.78 is 10.2. The van der Waals surface area contributed by atoms with Crippen molar-refractivity contribution in [2.45, 2.75) is 26.2 Å². The van der Waals surface area contributed by atoms with E-state index >= 15 is 0 Å². The molecule has 0 aromatic rings. The van der Waals surface area contributed by atoms with Gasteiger partial charge in [0.1, 0.15) is 0 Å². The van der Waals surface area contributed by atoms with E-state index < -0.39 is 11.4 Å². The molecule has 2 amide bonds. The Labute approximate surface area is 125 Å². The van der Waals surface area contributed by atoms with E-state index in [1.165, 1.54) is 0 Å². The van der Waals surface area contributed by atoms with Crippen LogP contribution in [-0.2, 0) is 14.3 Å². The minimum Gasteiger partial charge on any atom is -0.481 e. The van der Waals surface area contributed by atoms with Crippen LogP contribution < -0.4 is 5.32 Å². The Bertz CT molecular complexity index is 350. The van der Waals surface area contributed by atoms with E-state index in [4.69, 9.17) is 14.6 Å². The predicted octanol–water partition coefficient (Wildman–Crippen LogP) is 0.936. The number of rotatable bonds is 9. The van der Waals surface area contributed by atoms with Gasteiger partial charge in [0.2, 0.25) is 0 Å². The number of amides is 2. The first-order valence-corrected chi connectivity index (χ1v) is 7.32.